The van der Waals surface area contributed by atoms with Crippen LogP contribution in [0.4, 0.5) is 5.69 Å². The van der Waals surface area contributed by atoms with E-state index in [-0.39, 0.29) is 11.4 Å². The molecule has 0 aliphatic heterocycles. The molecular formula is C13H14N2O4S2. The van der Waals surface area contributed by atoms with Gasteiger partial charge in [0.25, 0.3) is 0 Å². The van der Waals surface area contributed by atoms with Crippen molar-refractivity contribution in [1.82, 2.24) is 4.98 Å². The lowest BCUT2D eigenvalue weighted by Gasteiger charge is -2.05. The Kier molecular flexibility index (Phi) is 4.59. The zero-order valence-electron chi connectivity index (χ0n) is 11.2. The smallest absolute Gasteiger partial charge is 0.308 e. The summed E-state index contributed by atoms with van der Waals surface area (Å²) in [5.41, 5.74) is 0.704. The molecule has 0 aliphatic rings. The summed E-state index contributed by atoms with van der Waals surface area (Å²) in [5, 5.41) is 11.9. The van der Waals surface area contributed by atoms with Crippen molar-refractivity contribution in [2.75, 3.05) is 11.6 Å². The Balaban J connectivity index is 1.97. The summed E-state index contributed by atoms with van der Waals surface area (Å²) in [4.78, 5) is 16.3. The van der Waals surface area contributed by atoms with Crippen molar-refractivity contribution in [3.8, 4) is 0 Å². The van der Waals surface area contributed by atoms with Gasteiger partial charge < -0.3 is 10.4 Å². The first-order valence-corrected chi connectivity index (χ1v) is 8.75. The first-order chi connectivity index (χ1) is 9.84. The summed E-state index contributed by atoms with van der Waals surface area (Å²) in [6.45, 7) is 0.532. The maximum Gasteiger partial charge on any atom is 0.308 e. The number of hydrogen-bond acceptors (Lipinski definition) is 6. The van der Waals surface area contributed by atoms with E-state index in [0.717, 1.165) is 16.0 Å². The topological polar surface area (TPSA) is 96.4 Å². The molecule has 2 N–H and O–H groups in total. The number of carboxylic acids is 1. The number of anilines is 1. The van der Waals surface area contributed by atoms with Gasteiger partial charge in [-0.05, 0) is 24.3 Å². The Morgan fingerprint density at radius 1 is 1.29 bits per heavy atom. The van der Waals surface area contributed by atoms with Crippen molar-refractivity contribution < 1.29 is 18.3 Å². The average Bonchev–Trinajstić information content (AvgIpc) is 2.82. The van der Waals surface area contributed by atoms with E-state index >= 15 is 0 Å². The molecule has 21 heavy (non-hydrogen) atoms. The molecule has 112 valence electrons. The molecule has 2 aromatic heterocycles. The molecule has 0 bridgehead atoms. The van der Waals surface area contributed by atoms with Gasteiger partial charge in [-0.25, -0.2) is 13.4 Å². The van der Waals surface area contributed by atoms with Crippen LogP contribution in [0.2, 0.25) is 0 Å². The van der Waals surface area contributed by atoms with E-state index < -0.39 is 15.8 Å². The number of nitrogens with one attached hydrogen (secondary N) is 1. The van der Waals surface area contributed by atoms with Crippen LogP contribution in [-0.4, -0.2) is 30.7 Å². The van der Waals surface area contributed by atoms with Crippen LogP contribution in [0, 0.1) is 0 Å². The largest absolute Gasteiger partial charge is 0.481 e. The molecule has 2 rings (SSSR count). The third kappa shape index (κ3) is 4.54. The summed E-state index contributed by atoms with van der Waals surface area (Å²) in [5.74, 6) is -0.850. The Labute approximate surface area is 126 Å². The summed E-state index contributed by atoms with van der Waals surface area (Å²) < 4.78 is 22.6. The molecule has 0 atom stereocenters. The second-order valence-electron chi connectivity index (χ2n) is 4.45. The molecule has 0 amide bonds. The highest BCUT2D eigenvalue weighted by Gasteiger charge is 2.08. The summed E-state index contributed by atoms with van der Waals surface area (Å²) in [6, 6.07) is 6.76. The normalized spacial score (nSPS) is 11.3. The number of aromatic nitrogens is 1. The van der Waals surface area contributed by atoms with Crippen LogP contribution in [-0.2, 0) is 27.6 Å². The van der Waals surface area contributed by atoms with Gasteiger partial charge in [-0.1, -0.05) is 0 Å². The maximum atomic E-state index is 11.3. The van der Waals surface area contributed by atoms with Gasteiger partial charge in [0.05, 0.1) is 18.3 Å². The fraction of sp³-hybridized carbons (Fsp3) is 0.231. The van der Waals surface area contributed by atoms with Gasteiger partial charge in [0.1, 0.15) is 0 Å². The van der Waals surface area contributed by atoms with Crippen LogP contribution in [0.5, 0.6) is 0 Å². The number of aliphatic carboxylic acids is 1. The van der Waals surface area contributed by atoms with Crippen LogP contribution < -0.4 is 5.32 Å². The van der Waals surface area contributed by atoms with Crippen LogP contribution in [0.1, 0.15) is 9.75 Å². The van der Waals surface area contributed by atoms with Gasteiger partial charge >= 0.3 is 5.97 Å². The van der Waals surface area contributed by atoms with Crippen LogP contribution in [0.25, 0.3) is 0 Å². The minimum atomic E-state index is -3.29. The lowest BCUT2D eigenvalue weighted by Crippen LogP contribution is -2.02. The summed E-state index contributed by atoms with van der Waals surface area (Å²) >= 11 is 1.43. The molecule has 0 spiro atoms. The molecule has 0 saturated carbocycles. The lowest BCUT2D eigenvalue weighted by molar-refractivity contribution is -0.136. The van der Waals surface area contributed by atoms with Gasteiger partial charge in [0, 0.05) is 22.6 Å². The van der Waals surface area contributed by atoms with E-state index in [1.165, 1.54) is 23.6 Å². The molecule has 0 fully saturated rings. The molecule has 0 aromatic carbocycles. The van der Waals surface area contributed by atoms with E-state index in [0.29, 0.717) is 12.2 Å². The van der Waals surface area contributed by atoms with Gasteiger partial charge in [0.15, 0.2) is 14.9 Å². The highest BCUT2D eigenvalue weighted by atomic mass is 32.2. The van der Waals surface area contributed by atoms with E-state index in [1.54, 1.807) is 12.1 Å². The molecule has 0 radical (unpaired) electrons. The zero-order chi connectivity index (χ0) is 15.5. The van der Waals surface area contributed by atoms with Crippen molar-refractivity contribution in [1.29, 1.82) is 0 Å². The molecule has 0 aliphatic carbocycles. The Bertz CT molecular complexity index is 736. The summed E-state index contributed by atoms with van der Waals surface area (Å²) in [7, 11) is -3.29. The average molecular weight is 326 g/mol. The number of carbonyl (C=O) groups is 1. The van der Waals surface area contributed by atoms with E-state index in [4.69, 9.17) is 5.11 Å². The quantitative estimate of drug-likeness (QED) is 0.840. The van der Waals surface area contributed by atoms with E-state index in [9.17, 15) is 13.2 Å². The predicted octanol–water partition coefficient (Wildman–Crippen LogP) is 1.79. The number of pyridine rings is 1. The second-order valence-corrected chi connectivity index (χ2v) is 7.66. The second kappa shape index (κ2) is 6.23. The Morgan fingerprint density at radius 2 is 2.00 bits per heavy atom. The zero-order valence-corrected chi connectivity index (χ0v) is 12.9. The monoisotopic (exact) mass is 326 g/mol. The van der Waals surface area contributed by atoms with Gasteiger partial charge in [-0.15, -0.1) is 11.3 Å². The molecule has 6 nitrogen and oxygen atoms in total. The number of hydrogen-bond donors (Lipinski definition) is 2. The van der Waals surface area contributed by atoms with Crippen molar-refractivity contribution in [3.63, 3.8) is 0 Å². The molecule has 2 aromatic rings. The summed E-state index contributed by atoms with van der Waals surface area (Å²) in [6.07, 6.45) is 2.59. The van der Waals surface area contributed by atoms with E-state index in [1.807, 2.05) is 6.07 Å². The first kappa shape index (κ1) is 15.5. The highest BCUT2D eigenvalue weighted by molar-refractivity contribution is 7.90. The number of sulfone groups is 1. The number of rotatable bonds is 6. The molecule has 0 unspecified atom stereocenters. The van der Waals surface area contributed by atoms with Gasteiger partial charge in [0.2, 0.25) is 0 Å². The lowest BCUT2D eigenvalue weighted by atomic mass is 10.3. The van der Waals surface area contributed by atoms with Crippen LogP contribution in [0.15, 0.2) is 35.5 Å². The molecule has 2 heterocycles. The van der Waals surface area contributed by atoms with Crippen molar-refractivity contribution in [2.45, 2.75) is 18.0 Å². The van der Waals surface area contributed by atoms with Gasteiger partial charge in [-0.2, -0.15) is 0 Å². The SMILES string of the molecule is CS(=O)(=O)c1ccc(NCc2ccc(CC(=O)O)s2)cn1. The van der Waals surface area contributed by atoms with Crippen molar-refractivity contribution in [2.24, 2.45) is 0 Å². The van der Waals surface area contributed by atoms with Crippen LogP contribution in [0.3, 0.4) is 0 Å². The third-order valence-electron chi connectivity index (χ3n) is 2.63. The minimum absolute atomic E-state index is 0.0231. The number of nitrogens with zero attached hydrogens (tertiary/aromatic N) is 1. The molecule has 8 heteroatoms. The van der Waals surface area contributed by atoms with Crippen molar-refractivity contribution >= 4 is 32.8 Å². The van der Waals surface area contributed by atoms with Crippen LogP contribution >= 0.6 is 11.3 Å². The highest BCUT2D eigenvalue weighted by Crippen LogP contribution is 2.19. The third-order valence-corrected chi connectivity index (χ3v) is 4.71. The number of thiophene rings is 1. The van der Waals surface area contributed by atoms with Gasteiger partial charge in [-0.3, -0.25) is 4.79 Å². The Hall–Kier alpha value is -1.93. The number of carboxylic acid groups (broad SMARTS) is 1. The Morgan fingerprint density at radius 3 is 2.57 bits per heavy atom. The maximum absolute atomic E-state index is 11.3. The van der Waals surface area contributed by atoms with E-state index in [2.05, 4.69) is 10.3 Å². The minimum Gasteiger partial charge on any atom is -0.481 e. The standard InChI is InChI=1S/C13H14N2O4S2/c1-21(18,19)12-5-2-9(7-15-12)14-8-11-4-3-10(20-11)6-13(16)17/h2-5,7,14H,6,8H2,1H3,(H,16,17). The predicted molar refractivity (Wildman–Crippen MR) is 80.3 cm³/mol. The fourth-order valence-corrected chi connectivity index (χ4v) is 3.16. The molecular weight excluding hydrogens is 312 g/mol. The first-order valence-electron chi connectivity index (χ1n) is 6.04. The van der Waals surface area contributed by atoms with Crippen molar-refractivity contribution in [3.05, 3.63) is 40.2 Å². The fourth-order valence-electron chi connectivity index (χ4n) is 1.65. The molecule has 0 saturated heterocycles.